The van der Waals surface area contributed by atoms with Gasteiger partial charge in [-0.1, -0.05) is 36.4 Å². The summed E-state index contributed by atoms with van der Waals surface area (Å²) in [6, 6.07) is 18.6. The monoisotopic (exact) mass is 371 g/mol. The summed E-state index contributed by atoms with van der Waals surface area (Å²) in [5.74, 6) is 0. The van der Waals surface area contributed by atoms with E-state index >= 15 is 0 Å². The van der Waals surface area contributed by atoms with Gasteiger partial charge < -0.3 is 0 Å². The van der Waals surface area contributed by atoms with Crippen molar-refractivity contribution in [3.63, 3.8) is 0 Å². The highest BCUT2D eigenvalue weighted by Gasteiger charge is 2.11. The highest BCUT2D eigenvalue weighted by molar-refractivity contribution is 5.92. The van der Waals surface area contributed by atoms with Crippen LogP contribution < -0.4 is 30.4 Å². The molecule has 6 heteroatoms. The number of aromatic nitrogens is 1. The number of benzene rings is 2. The molecule has 0 aliphatic carbocycles. The molecule has 0 aliphatic heterocycles. The molecule has 98 valence electrons. The Bertz CT molecular complexity index is 586. The molecule has 1 aromatic heterocycles. The first-order chi connectivity index (χ1) is 8.93. The smallest absolute Gasteiger partial charge is 0.256 e. The standard InChI is InChI=1S/C13H9N.HIO4/c1-3-7-12-10(5-1)9-11-6-2-4-8-13(11)14-12;2-1(3,4)5/h1-9H;2H. The van der Waals surface area contributed by atoms with E-state index in [1.54, 1.807) is 0 Å². The van der Waals surface area contributed by atoms with Crippen molar-refractivity contribution in [2.24, 2.45) is 0 Å². The van der Waals surface area contributed by atoms with Crippen LogP contribution in [0.15, 0.2) is 54.6 Å². The van der Waals surface area contributed by atoms with E-state index in [1.807, 2.05) is 36.4 Å². The number of rotatable bonds is 0. The van der Waals surface area contributed by atoms with Gasteiger partial charge in [0.1, 0.15) is 0 Å². The molecule has 3 rings (SSSR count). The molecule has 0 spiro atoms. The third-order valence-corrected chi connectivity index (χ3v) is 2.43. The van der Waals surface area contributed by atoms with Crippen LogP contribution in [0.25, 0.3) is 21.8 Å². The van der Waals surface area contributed by atoms with Crippen LogP contribution in [0, 0.1) is 0 Å². The molecule has 0 radical (unpaired) electrons. The van der Waals surface area contributed by atoms with Gasteiger partial charge in [0, 0.05) is 14.2 Å². The van der Waals surface area contributed by atoms with Gasteiger partial charge in [-0.2, -0.15) is 0 Å². The van der Waals surface area contributed by atoms with Crippen molar-refractivity contribution >= 4 is 21.8 Å². The van der Waals surface area contributed by atoms with E-state index in [-0.39, 0.29) is 0 Å². The van der Waals surface area contributed by atoms with Crippen molar-refractivity contribution in [1.29, 1.82) is 0 Å². The first-order valence-electron chi connectivity index (χ1n) is 5.31. The van der Waals surface area contributed by atoms with E-state index in [0.29, 0.717) is 0 Å². The van der Waals surface area contributed by atoms with Gasteiger partial charge in [0.25, 0.3) is 0 Å². The minimum Gasteiger partial charge on any atom is -0.256 e. The zero-order chi connectivity index (χ0) is 13.9. The Labute approximate surface area is 115 Å². The lowest BCUT2D eigenvalue weighted by atomic mass is 10.1. The first-order valence-corrected chi connectivity index (χ1v) is 8.92. The fourth-order valence-corrected chi connectivity index (χ4v) is 1.72. The molecular formula is C13H10INO4. The molecule has 19 heavy (non-hydrogen) atoms. The van der Waals surface area contributed by atoms with Crippen LogP contribution in [0.3, 0.4) is 0 Å². The highest BCUT2D eigenvalue weighted by Crippen LogP contribution is 2.18. The third-order valence-electron chi connectivity index (χ3n) is 2.43. The van der Waals surface area contributed by atoms with Crippen LogP contribution in [0.1, 0.15) is 0 Å². The summed E-state index contributed by atoms with van der Waals surface area (Å²) >= 11 is -5.69. The maximum Gasteiger partial charge on any atom is 0.368 e. The molecule has 1 N–H and O–H groups in total. The zero-order valence-electron chi connectivity index (χ0n) is 9.69. The summed E-state index contributed by atoms with van der Waals surface area (Å²) in [5.41, 5.74) is 2.12. The lowest BCUT2D eigenvalue weighted by Gasteiger charge is -1.99. The zero-order valence-corrected chi connectivity index (χ0v) is 11.9. The van der Waals surface area contributed by atoms with E-state index in [0.717, 1.165) is 11.0 Å². The molecule has 0 fully saturated rings. The van der Waals surface area contributed by atoms with E-state index in [4.69, 9.17) is 13.7 Å². The maximum absolute atomic E-state index is 8.73. The summed E-state index contributed by atoms with van der Waals surface area (Å²) in [6.07, 6.45) is 0. The quantitative estimate of drug-likeness (QED) is 0.323. The molecule has 5 nitrogen and oxygen atoms in total. The number of fused-ring (bicyclic) bond motifs is 2. The van der Waals surface area contributed by atoms with Crippen LogP contribution in [0.2, 0.25) is 0 Å². The van der Waals surface area contributed by atoms with E-state index in [2.05, 4.69) is 23.2 Å². The minimum absolute atomic E-state index is 1.06. The van der Waals surface area contributed by atoms with Crippen LogP contribution in [0.4, 0.5) is 0 Å². The molecule has 3 aromatic rings. The number of para-hydroxylation sites is 2. The third kappa shape index (κ3) is 4.37. The predicted molar refractivity (Wildman–Crippen MR) is 61.5 cm³/mol. The molecule has 0 saturated carbocycles. The number of hydrogen-bond donors (Lipinski definition) is 1. The molecule has 0 unspecified atom stereocenters. The SMILES string of the molecule is [O-][I+3]([O-])([O-])O.c1ccc2nc3ccccc3cc2c1. The summed E-state index contributed by atoms with van der Waals surface area (Å²) in [5, 5.41) is 2.40. The van der Waals surface area contributed by atoms with E-state index in [9.17, 15) is 0 Å². The average molecular weight is 371 g/mol. The molecule has 0 bridgehead atoms. The van der Waals surface area contributed by atoms with Gasteiger partial charge in [-0.3, -0.25) is 10.3 Å². The molecule has 0 saturated heterocycles. The van der Waals surface area contributed by atoms with Crippen molar-refractivity contribution in [3.8, 4) is 0 Å². The van der Waals surface area contributed by atoms with Crippen molar-refractivity contribution in [2.75, 3.05) is 0 Å². The predicted octanol–water partition coefficient (Wildman–Crippen LogP) is -3.73. The van der Waals surface area contributed by atoms with E-state index < -0.39 is 20.1 Å². The summed E-state index contributed by atoms with van der Waals surface area (Å²) in [4.78, 5) is 4.58. The summed E-state index contributed by atoms with van der Waals surface area (Å²) in [7, 11) is 0. The highest BCUT2D eigenvalue weighted by atomic mass is 127. The Morgan fingerprint density at radius 3 is 1.58 bits per heavy atom. The molecule has 0 amide bonds. The van der Waals surface area contributed by atoms with Crippen molar-refractivity contribution in [3.05, 3.63) is 54.6 Å². The van der Waals surface area contributed by atoms with Gasteiger partial charge in [0.2, 0.25) is 0 Å². The second-order valence-electron chi connectivity index (χ2n) is 3.77. The second kappa shape index (κ2) is 5.76. The molecule has 0 aliphatic rings. The van der Waals surface area contributed by atoms with Gasteiger partial charge in [-0.05, 0) is 18.2 Å². The minimum atomic E-state index is -5.69. The number of nitrogens with zero attached hydrogens (tertiary/aromatic N) is 1. The van der Waals surface area contributed by atoms with Crippen LogP contribution in [0.5, 0.6) is 0 Å². The molecule has 1 heterocycles. The average Bonchev–Trinajstić information content (AvgIpc) is 2.34. The largest absolute Gasteiger partial charge is 0.368 e. The number of pyridine rings is 1. The van der Waals surface area contributed by atoms with Gasteiger partial charge >= 0.3 is 20.1 Å². The van der Waals surface area contributed by atoms with Crippen molar-refractivity contribution in [1.82, 2.24) is 4.98 Å². The molecular weight excluding hydrogens is 361 g/mol. The lowest BCUT2D eigenvalue weighted by molar-refractivity contribution is -1.92. The van der Waals surface area contributed by atoms with Crippen molar-refractivity contribution in [2.45, 2.75) is 0 Å². The Kier molecular flexibility index (Phi) is 4.27. The maximum atomic E-state index is 8.73. The Morgan fingerprint density at radius 2 is 1.16 bits per heavy atom. The van der Waals surface area contributed by atoms with Crippen LogP contribution in [-0.4, -0.2) is 8.42 Å². The Morgan fingerprint density at radius 1 is 0.789 bits per heavy atom. The fourth-order valence-electron chi connectivity index (χ4n) is 1.72. The van der Waals surface area contributed by atoms with Gasteiger partial charge in [-0.15, -0.1) is 0 Å². The van der Waals surface area contributed by atoms with Gasteiger partial charge in [0.15, 0.2) is 0 Å². The second-order valence-corrected chi connectivity index (χ2v) is 6.03. The lowest BCUT2D eigenvalue weighted by Crippen LogP contribution is -4.23. The molecule has 2 aromatic carbocycles. The van der Waals surface area contributed by atoms with Gasteiger partial charge in [0.05, 0.1) is 11.0 Å². The van der Waals surface area contributed by atoms with E-state index in [1.165, 1.54) is 10.8 Å². The van der Waals surface area contributed by atoms with Crippen molar-refractivity contribution < 1.29 is 33.8 Å². The normalized spacial score (nSPS) is 11.2. The van der Waals surface area contributed by atoms with Crippen LogP contribution >= 0.6 is 0 Å². The Hall–Kier alpha value is -1.32. The van der Waals surface area contributed by atoms with Crippen LogP contribution in [-0.2, 0) is 0 Å². The topological polar surface area (TPSA) is 102 Å². The van der Waals surface area contributed by atoms with Gasteiger partial charge in [-0.25, -0.2) is 4.98 Å². The fraction of sp³-hybridized carbons (Fsp3) is 0. The number of hydrogen-bond acceptors (Lipinski definition) is 5. The molecule has 0 atom stereocenters. The first kappa shape index (κ1) is 14.1. The summed E-state index contributed by atoms with van der Waals surface area (Å²) < 4.78 is 33.2. The Balaban J connectivity index is 0.000000232. The summed E-state index contributed by atoms with van der Waals surface area (Å²) in [6.45, 7) is 0. The number of halogens is 1.